The molecule has 0 radical (unpaired) electrons. The summed E-state index contributed by atoms with van der Waals surface area (Å²) >= 11 is 0. The molecule has 1 aromatic rings. The standard InChI is InChI=1S/C12H13F2NO3/c1-7(2-5-11(16)17)15-12(18)9-6-8(13)3-4-10(9)14/h3-4,6-7H,2,5H2,1H3,(H,15,18)(H,16,17). The predicted octanol–water partition coefficient (Wildman–Crippen LogP) is 1.95. The van der Waals surface area contributed by atoms with Gasteiger partial charge in [0.2, 0.25) is 0 Å². The van der Waals surface area contributed by atoms with E-state index in [4.69, 9.17) is 5.11 Å². The van der Waals surface area contributed by atoms with Crippen LogP contribution in [0.4, 0.5) is 8.78 Å². The maximum absolute atomic E-state index is 13.3. The van der Waals surface area contributed by atoms with Crippen LogP contribution in [0, 0.1) is 11.6 Å². The first-order valence-corrected chi connectivity index (χ1v) is 5.38. The van der Waals surface area contributed by atoms with Crippen molar-refractivity contribution in [3.8, 4) is 0 Å². The van der Waals surface area contributed by atoms with Gasteiger partial charge in [0.1, 0.15) is 11.6 Å². The van der Waals surface area contributed by atoms with Gasteiger partial charge in [-0.2, -0.15) is 0 Å². The quantitative estimate of drug-likeness (QED) is 0.847. The van der Waals surface area contributed by atoms with Crippen molar-refractivity contribution in [2.75, 3.05) is 0 Å². The van der Waals surface area contributed by atoms with Gasteiger partial charge in [-0.1, -0.05) is 0 Å². The summed E-state index contributed by atoms with van der Waals surface area (Å²) in [5, 5.41) is 10.9. The zero-order chi connectivity index (χ0) is 13.7. The summed E-state index contributed by atoms with van der Waals surface area (Å²) in [4.78, 5) is 21.9. The van der Waals surface area contributed by atoms with E-state index in [9.17, 15) is 18.4 Å². The summed E-state index contributed by atoms with van der Waals surface area (Å²) < 4.78 is 26.1. The number of hydrogen-bond acceptors (Lipinski definition) is 2. The van der Waals surface area contributed by atoms with Crippen molar-refractivity contribution >= 4 is 11.9 Å². The lowest BCUT2D eigenvalue weighted by Crippen LogP contribution is -2.33. The molecule has 1 aromatic carbocycles. The van der Waals surface area contributed by atoms with Crippen molar-refractivity contribution in [2.24, 2.45) is 0 Å². The smallest absolute Gasteiger partial charge is 0.303 e. The number of carbonyl (C=O) groups is 2. The first-order chi connectivity index (χ1) is 8.40. The molecule has 0 saturated heterocycles. The number of halogens is 2. The Morgan fingerprint density at radius 1 is 1.39 bits per heavy atom. The molecule has 0 aromatic heterocycles. The zero-order valence-corrected chi connectivity index (χ0v) is 9.74. The lowest BCUT2D eigenvalue weighted by Gasteiger charge is -2.13. The molecular weight excluding hydrogens is 244 g/mol. The Kier molecular flexibility index (Phi) is 4.76. The maximum Gasteiger partial charge on any atom is 0.303 e. The molecule has 1 amide bonds. The van der Waals surface area contributed by atoms with Crippen molar-refractivity contribution in [1.29, 1.82) is 0 Å². The van der Waals surface area contributed by atoms with Gasteiger partial charge in [-0.05, 0) is 31.5 Å². The number of amides is 1. The molecule has 0 aliphatic heterocycles. The van der Waals surface area contributed by atoms with Crippen molar-refractivity contribution in [2.45, 2.75) is 25.8 Å². The Balaban J connectivity index is 2.64. The second kappa shape index (κ2) is 6.09. The first kappa shape index (κ1) is 14.1. The topological polar surface area (TPSA) is 66.4 Å². The van der Waals surface area contributed by atoms with Gasteiger partial charge in [-0.3, -0.25) is 9.59 Å². The van der Waals surface area contributed by atoms with Crippen LogP contribution in [-0.4, -0.2) is 23.0 Å². The normalized spacial score (nSPS) is 11.9. The molecule has 98 valence electrons. The summed E-state index contributed by atoms with van der Waals surface area (Å²) in [6.45, 7) is 1.60. The number of carboxylic acid groups (broad SMARTS) is 1. The van der Waals surface area contributed by atoms with Crippen LogP contribution in [0.25, 0.3) is 0 Å². The van der Waals surface area contributed by atoms with Crippen molar-refractivity contribution < 1.29 is 23.5 Å². The molecule has 2 N–H and O–H groups in total. The lowest BCUT2D eigenvalue weighted by atomic mass is 10.1. The zero-order valence-electron chi connectivity index (χ0n) is 9.74. The van der Waals surface area contributed by atoms with Gasteiger partial charge in [-0.15, -0.1) is 0 Å². The molecule has 0 spiro atoms. The number of rotatable bonds is 5. The van der Waals surface area contributed by atoms with E-state index in [1.54, 1.807) is 6.92 Å². The van der Waals surface area contributed by atoms with E-state index in [-0.39, 0.29) is 12.8 Å². The van der Waals surface area contributed by atoms with Crippen LogP contribution in [0.2, 0.25) is 0 Å². The van der Waals surface area contributed by atoms with Gasteiger partial charge >= 0.3 is 5.97 Å². The van der Waals surface area contributed by atoms with Gasteiger partial charge in [0.15, 0.2) is 0 Å². The Morgan fingerprint density at radius 2 is 2.06 bits per heavy atom. The number of nitrogens with one attached hydrogen (secondary N) is 1. The van der Waals surface area contributed by atoms with Crippen molar-refractivity contribution in [3.05, 3.63) is 35.4 Å². The fourth-order valence-corrected chi connectivity index (χ4v) is 1.39. The van der Waals surface area contributed by atoms with Gasteiger partial charge in [0, 0.05) is 12.5 Å². The minimum absolute atomic E-state index is 0.104. The highest BCUT2D eigenvalue weighted by Gasteiger charge is 2.15. The molecule has 1 rings (SSSR count). The van der Waals surface area contributed by atoms with E-state index in [0.717, 1.165) is 18.2 Å². The van der Waals surface area contributed by atoms with Gasteiger partial charge in [0.05, 0.1) is 5.56 Å². The summed E-state index contributed by atoms with van der Waals surface area (Å²) in [5.74, 6) is -3.27. The number of aliphatic carboxylic acids is 1. The third-order valence-electron chi connectivity index (χ3n) is 2.34. The first-order valence-electron chi connectivity index (χ1n) is 5.38. The summed E-state index contributed by atoms with van der Waals surface area (Å²) in [6.07, 6.45) is 0.116. The van der Waals surface area contributed by atoms with Crippen LogP contribution in [-0.2, 0) is 4.79 Å². The van der Waals surface area contributed by atoms with E-state index in [1.807, 2.05) is 0 Å². The third kappa shape index (κ3) is 4.12. The molecular formula is C12H13F2NO3. The maximum atomic E-state index is 13.3. The third-order valence-corrected chi connectivity index (χ3v) is 2.34. The van der Waals surface area contributed by atoms with E-state index in [0.29, 0.717) is 0 Å². The highest BCUT2D eigenvalue weighted by atomic mass is 19.1. The highest BCUT2D eigenvalue weighted by molar-refractivity contribution is 5.94. The number of hydrogen-bond donors (Lipinski definition) is 2. The molecule has 0 heterocycles. The molecule has 1 atom stereocenters. The molecule has 0 saturated carbocycles. The second-order valence-corrected chi connectivity index (χ2v) is 3.93. The van der Waals surface area contributed by atoms with E-state index in [1.165, 1.54) is 0 Å². The van der Waals surface area contributed by atoms with Gasteiger partial charge in [0.25, 0.3) is 5.91 Å². The average Bonchev–Trinajstić information content (AvgIpc) is 2.29. The molecule has 0 bridgehead atoms. The molecule has 0 aliphatic carbocycles. The molecule has 0 aliphatic rings. The molecule has 0 fully saturated rings. The van der Waals surface area contributed by atoms with Gasteiger partial charge in [-0.25, -0.2) is 8.78 Å². The predicted molar refractivity (Wildman–Crippen MR) is 60.2 cm³/mol. The van der Waals surface area contributed by atoms with Crippen LogP contribution >= 0.6 is 0 Å². The summed E-state index contributed by atoms with van der Waals surface area (Å²) in [6, 6.07) is 2.15. The molecule has 4 nitrogen and oxygen atoms in total. The van der Waals surface area contributed by atoms with Crippen LogP contribution in [0.3, 0.4) is 0 Å². The molecule has 18 heavy (non-hydrogen) atoms. The SMILES string of the molecule is CC(CCC(=O)O)NC(=O)c1cc(F)ccc1F. The lowest BCUT2D eigenvalue weighted by molar-refractivity contribution is -0.137. The minimum atomic E-state index is -0.979. The average molecular weight is 257 g/mol. The Bertz CT molecular complexity index is 463. The Morgan fingerprint density at radius 3 is 2.67 bits per heavy atom. The van der Waals surface area contributed by atoms with E-state index < -0.39 is 35.1 Å². The van der Waals surface area contributed by atoms with Crippen LogP contribution in [0.1, 0.15) is 30.1 Å². The summed E-state index contributed by atoms with van der Waals surface area (Å²) in [7, 11) is 0. The number of benzene rings is 1. The van der Waals surface area contributed by atoms with Crippen LogP contribution < -0.4 is 5.32 Å². The Labute approximate surface area is 103 Å². The monoisotopic (exact) mass is 257 g/mol. The number of carboxylic acids is 1. The minimum Gasteiger partial charge on any atom is -0.481 e. The van der Waals surface area contributed by atoms with E-state index in [2.05, 4.69) is 5.32 Å². The fraction of sp³-hybridized carbons (Fsp3) is 0.333. The molecule has 6 heteroatoms. The number of carbonyl (C=O) groups excluding carboxylic acids is 1. The second-order valence-electron chi connectivity index (χ2n) is 3.93. The fourth-order valence-electron chi connectivity index (χ4n) is 1.39. The van der Waals surface area contributed by atoms with Crippen molar-refractivity contribution in [1.82, 2.24) is 5.32 Å². The Hall–Kier alpha value is -1.98. The van der Waals surface area contributed by atoms with E-state index >= 15 is 0 Å². The van der Waals surface area contributed by atoms with Crippen LogP contribution in [0.5, 0.6) is 0 Å². The van der Waals surface area contributed by atoms with Gasteiger partial charge < -0.3 is 10.4 Å². The largest absolute Gasteiger partial charge is 0.481 e. The summed E-state index contributed by atoms with van der Waals surface area (Å²) in [5.41, 5.74) is -0.392. The van der Waals surface area contributed by atoms with Crippen molar-refractivity contribution in [3.63, 3.8) is 0 Å². The molecule has 1 unspecified atom stereocenters. The van der Waals surface area contributed by atoms with Crippen LogP contribution in [0.15, 0.2) is 18.2 Å². The highest BCUT2D eigenvalue weighted by Crippen LogP contribution is 2.10.